The topological polar surface area (TPSA) is 81.2 Å². The van der Waals surface area contributed by atoms with Gasteiger partial charge in [0.15, 0.2) is 11.5 Å². The molecule has 0 aromatic carbocycles. The van der Waals surface area contributed by atoms with Gasteiger partial charge in [0, 0.05) is 37.3 Å². The Bertz CT molecular complexity index is 1040. The van der Waals surface area contributed by atoms with Crippen molar-refractivity contribution in [3.63, 3.8) is 0 Å². The molecule has 0 aliphatic carbocycles. The molecule has 1 aliphatic heterocycles. The Morgan fingerprint density at radius 1 is 1.14 bits per heavy atom. The Labute approximate surface area is 164 Å². The van der Waals surface area contributed by atoms with Gasteiger partial charge in [-0.3, -0.25) is 14.7 Å². The van der Waals surface area contributed by atoms with E-state index in [2.05, 4.69) is 40.9 Å². The minimum atomic E-state index is -0.0213. The summed E-state index contributed by atoms with van der Waals surface area (Å²) < 4.78 is 3.49. The molecular formula is C20H27N7O. The van der Waals surface area contributed by atoms with Gasteiger partial charge in [0.1, 0.15) is 5.69 Å². The van der Waals surface area contributed by atoms with Crippen LogP contribution in [0.2, 0.25) is 0 Å². The smallest absolute Gasteiger partial charge is 0.273 e. The first kappa shape index (κ1) is 18.7. The molecule has 3 aromatic heterocycles. The molecule has 0 spiro atoms. The summed E-state index contributed by atoms with van der Waals surface area (Å²) in [7, 11) is 1.76. The number of nitrogens with zero attached hydrogens (tertiary/aromatic N) is 7. The molecular weight excluding hydrogens is 354 g/mol. The van der Waals surface area contributed by atoms with Crippen molar-refractivity contribution in [3.8, 4) is 0 Å². The van der Waals surface area contributed by atoms with Crippen LogP contribution in [0, 0.1) is 0 Å². The van der Waals surface area contributed by atoms with Crippen LogP contribution in [-0.2, 0) is 19.0 Å². The van der Waals surface area contributed by atoms with E-state index >= 15 is 0 Å². The van der Waals surface area contributed by atoms with Gasteiger partial charge in [0.2, 0.25) is 0 Å². The van der Waals surface area contributed by atoms with E-state index in [4.69, 9.17) is 5.10 Å². The molecule has 0 bridgehead atoms. The molecule has 4 rings (SSSR count). The van der Waals surface area contributed by atoms with E-state index in [0.29, 0.717) is 18.2 Å². The third-order valence-electron chi connectivity index (χ3n) is 5.47. The molecule has 0 saturated carbocycles. The molecule has 0 unspecified atom stereocenters. The fourth-order valence-electron chi connectivity index (χ4n) is 3.68. The first-order chi connectivity index (χ1) is 13.3. The summed E-state index contributed by atoms with van der Waals surface area (Å²) in [4.78, 5) is 18.8. The predicted molar refractivity (Wildman–Crippen MR) is 106 cm³/mol. The Hall–Kier alpha value is -2.61. The van der Waals surface area contributed by atoms with Crippen molar-refractivity contribution < 1.29 is 0 Å². The molecule has 0 atom stereocenters. The van der Waals surface area contributed by atoms with Gasteiger partial charge in [-0.1, -0.05) is 20.8 Å². The first-order valence-corrected chi connectivity index (χ1v) is 9.78. The summed E-state index contributed by atoms with van der Waals surface area (Å²) in [5, 5.41) is 13.6. The van der Waals surface area contributed by atoms with E-state index in [1.807, 2.05) is 16.6 Å². The van der Waals surface area contributed by atoms with Crippen molar-refractivity contribution in [2.75, 3.05) is 13.1 Å². The molecule has 0 N–H and O–H groups in total. The minimum absolute atomic E-state index is 0.0199. The van der Waals surface area contributed by atoms with Crippen LogP contribution in [0.1, 0.15) is 56.7 Å². The van der Waals surface area contributed by atoms with Gasteiger partial charge in [0.25, 0.3) is 5.56 Å². The summed E-state index contributed by atoms with van der Waals surface area (Å²) in [6.45, 7) is 8.87. The summed E-state index contributed by atoms with van der Waals surface area (Å²) >= 11 is 0. The fourth-order valence-corrected chi connectivity index (χ4v) is 3.68. The molecule has 0 radical (unpaired) electrons. The Balaban J connectivity index is 1.49. The number of aromatic nitrogens is 6. The largest absolute Gasteiger partial charge is 0.315 e. The quantitative estimate of drug-likeness (QED) is 0.689. The Kier molecular flexibility index (Phi) is 4.74. The van der Waals surface area contributed by atoms with Gasteiger partial charge < -0.3 is 4.57 Å². The van der Waals surface area contributed by atoms with Gasteiger partial charge in [-0.25, -0.2) is 0 Å². The van der Waals surface area contributed by atoms with E-state index < -0.39 is 0 Å². The lowest BCUT2D eigenvalue weighted by molar-refractivity contribution is 0.197. The van der Waals surface area contributed by atoms with Gasteiger partial charge >= 0.3 is 0 Å². The highest BCUT2D eigenvalue weighted by atomic mass is 16.1. The normalized spacial score (nSPS) is 16.7. The molecule has 148 valence electrons. The van der Waals surface area contributed by atoms with Crippen molar-refractivity contribution in [2.45, 2.75) is 51.5 Å². The van der Waals surface area contributed by atoms with Crippen LogP contribution in [0.3, 0.4) is 0 Å². The highest BCUT2D eigenvalue weighted by molar-refractivity contribution is 5.37. The number of aryl methyl sites for hydroxylation is 1. The average Bonchev–Trinajstić information content (AvgIpc) is 3.09. The Morgan fingerprint density at radius 2 is 1.89 bits per heavy atom. The van der Waals surface area contributed by atoms with Gasteiger partial charge in [-0.15, -0.1) is 10.2 Å². The number of hydrogen-bond acceptors (Lipinski definition) is 6. The third kappa shape index (κ3) is 3.56. The predicted octanol–water partition coefficient (Wildman–Crippen LogP) is 1.90. The second-order valence-electron chi connectivity index (χ2n) is 8.64. The molecule has 1 fully saturated rings. The van der Waals surface area contributed by atoms with E-state index in [9.17, 15) is 4.79 Å². The van der Waals surface area contributed by atoms with Crippen LogP contribution in [0.15, 0.2) is 29.3 Å². The average molecular weight is 381 g/mol. The molecule has 8 heteroatoms. The summed E-state index contributed by atoms with van der Waals surface area (Å²) in [5.41, 5.74) is 2.39. The lowest BCUT2D eigenvalue weighted by Crippen LogP contribution is -2.36. The van der Waals surface area contributed by atoms with Gasteiger partial charge in [-0.2, -0.15) is 9.61 Å². The minimum Gasteiger partial charge on any atom is -0.315 e. The lowest BCUT2D eigenvalue weighted by Gasteiger charge is -2.30. The second-order valence-corrected chi connectivity index (χ2v) is 8.64. The monoisotopic (exact) mass is 381 g/mol. The van der Waals surface area contributed by atoms with Gasteiger partial charge in [-0.05, 0) is 38.1 Å². The lowest BCUT2D eigenvalue weighted by atomic mass is 9.92. The van der Waals surface area contributed by atoms with Crippen LogP contribution in [-0.4, -0.2) is 47.4 Å². The standard InChI is InChI=1S/C20H27N7O/c1-20(2,3)16-5-6-17-22-23-18(27(17)24-16)14-7-10-26(11-8-14)13-15-19(28)25(4)12-9-21-15/h5-6,9,12,14H,7-8,10-11,13H2,1-4H3. The van der Waals surface area contributed by atoms with E-state index in [1.165, 1.54) is 0 Å². The van der Waals surface area contributed by atoms with Crippen molar-refractivity contribution in [1.29, 1.82) is 0 Å². The summed E-state index contributed by atoms with van der Waals surface area (Å²) in [6.07, 6.45) is 5.31. The molecule has 0 amide bonds. The second kappa shape index (κ2) is 7.09. The number of rotatable bonds is 3. The highest BCUT2D eigenvalue weighted by Gasteiger charge is 2.26. The summed E-state index contributed by atoms with van der Waals surface area (Å²) in [6, 6.07) is 4.03. The maximum atomic E-state index is 12.2. The van der Waals surface area contributed by atoms with Crippen molar-refractivity contribution in [1.82, 2.24) is 34.3 Å². The molecule has 4 heterocycles. The molecule has 1 aliphatic rings. The fraction of sp³-hybridized carbons (Fsp3) is 0.550. The zero-order valence-electron chi connectivity index (χ0n) is 17.0. The Morgan fingerprint density at radius 3 is 2.61 bits per heavy atom. The maximum absolute atomic E-state index is 12.2. The van der Waals surface area contributed by atoms with E-state index in [-0.39, 0.29) is 11.0 Å². The third-order valence-corrected chi connectivity index (χ3v) is 5.47. The van der Waals surface area contributed by atoms with E-state index in [1.54, 1.807) is 24.0 Å². The number of piperidine rings is 1. The van der Waals surface area contributed by atoms with Crippen LogP contribution in [0.4, 0.5) is 0 Å². The highest BCUT2D eigenvalue weighted by Crippen LogP contribution is 2.28. The molecule has 28 heavy (non-hydrogen) atoms. The number of fused-ring (bicyclic) bond motifs is 1. The molecule has 1 saturated heterocycles. The van der Waals surface area contributed by atoms with Crippen molar-refractivity contribution >= 4 is 5.65 Å². The summed E-state index contributed by atoms with van der Waals surface area (Å²) in [5.74, 6) is 1.26. The maximum Gasteiger partial charge on any atom is 0.273 e. The van der Waals surface area contributed by atoms with Crippen LogP contribution in [0.5, 0.6) is 0 Å². The van der Waals surface area contributed by atoms with E-state index in [0.717, 1.165) is 43.1 Å². The van der Waals surface area contributed by atoms with Crippen molar-refractivity contribution in [2.24, 2.45) is 7.05 Å². The number of likely N-dealkylation sites (tertiary alicyclic amines) is 1. The van der Waals surface area contributed by atoms with Crippen molar-refractivity contribution in [3.05, 3.63) is 52.1 Å². The molecule has 3 aromatic rings. The first-order valence-electron chi connectivity index (χ1n) is 9.78. The van der Waals surface area contributed by atoms with Crippen LogP contribution in [0.25, 0.3) is 5.65 Å². The molecule has 8 nitrogen and oxygen atoms in total. The van der Waals surface area contributed by atoms with Gasteiger partial charge in [0.05, 0.1) is 5.69 Å². The number of hydrogen-bond donors (Lipinski definition) is 0. The zero-order chi connectivity index (χ0) is 19.9. The SMILES string of the molecule is Cn1ccnc(CN2CCC(c3nnc4ccc(C(C)(C)C)nn34)CC2)c1=O. The van der Waals surface area contributed by atoms with Crippen LogP contribution >= 0.6 is 0 Å². The van der Waals surface area contributed by atoms with Crippen LogP contribution < -0.4 is 5.56 Å². The zero-order valence-corrected chi connectivity index (χ0v) is 17.0.